The minimum Gasteiger partial charge on any atom is -0.363 e. The number of rotatable bonds is 1. The summed E-state index contributed by atoms with van der Waals surface area (Å²) in [6.07, 6.45) is 1.97. The van der Waals surface area contributed by atoms with E-state index in [-0.39, 0.29) is 5.41 Å². The topological polar surface area (TPSA) is 33.0 Å². The number of methoxy groups -OCH3 is 1. The number of ether oxygens (including phenoxy) is 1. The predicted molar refractivity (Wildman–Crippen MR) is 38.4 cm³/mol. The molecule has 1 fully saturated rings. The first-order chi connectivity index (χ1) is 4.58. The summed E-state index contributed by atoms with van der Waals surface area (Å²) in [5.41, 5.74) is -0.441. The molecular weight excluding hydrogens is 126 g/mol. The van der Waals surface area contributed by atoms with Gasteiger partial charge >= 0.3 is 0 Å². The smallest absolute Gasteiger partial charge is 0.158 e. The molecule has 0 aromatic heterocycles. The van der Waals surface area contributed by atoms with E-state index in [1.54, 1.807) is 7.11 Å². The van der Waals surface area contributed by atoms with Gasteiger partial charge in [0.15, 0.2) is 5.60 Å². The van der Waals surface area contributed by atoms with Gasteiger partial charge in [0.25, 0.3) is 0 Å². The van der Waals surface area contributed by atoms with Crippen LogP contribution in [0.4, 0.5) is 0 Å². The first-order valence-corrected chi connectivity index (χ1v) is 3.54. The Labute approximate surface area is 61.8 Å². The molecule has 0 spiro atoms. The van der Waals surface area contributed by atoms with E-state index in [0.29, 0.717) is 0 Å². The molecule has 0 aliphatic heterocycles. The zero-order valence-electron chi connectivity index (χ0n) is 6.77. The fraction of sp³-hybridized carbons (Fsp3) is 0.875. The van der Waals surface area contributed by atoms with Crippen LogP contribution in [0.1, 0.15) is 26.7 Å². The fourth-order valence-corrected chi connectivity index (χ4v) is 1.48. The maximum Gasteiger partial charge on any atom is 0.158 e. The Hall–Kier alpha value is -0.550. The zero-order valence-corrected chi connectivity index (χ0v) is 6.77. The van der Waals surface area contributed by atoms with Crippen molar-refractivity contribution in [1.82, 2.24) is 0 Å². The van der Waals surface area contributed by atoms with Crippen LogP contribution in [0, 0.1) is 16.7 Å². The Bertz CT molecular complexity index is 176. The van der Waals surface area contributed by atoms with Crippen LogP contribution in [0.25, 0.3) is 0 Å². The summed E-state index contributed by atoms with van der Waals surface area (Å²) in [4.78, 5) is 0. The lowest BCUT2D eigenvalue weighted by Crippen LogP contribution is -2.54. The van der Waals surface area contributed by atoms with Crippen molar-refractivity contribution in [3.05, 3.63) is 0 Å². The van der Waals surface area contributed by atoms with Gasteiger partial charge in [-0.15, -0.1) is 0 Å². The summed E-state index contributed by atoms with van der Waals surface area (Å²) in [5, 5.41) is 8.80. The third kappa shape index (κ3) is 0.674. The lowest BCUT2D eigenvalue weighted by molar-refractivity contribution is -0.129. The fourth-order valence-electron chi connectivity index (χ4n) is 1.48. The van der Waals surface area contributed by atoms with E-state index < -0.39 is 5.60 Å². The second kappa shape index (κ2) is 1.96. The lowest BCUT2D eigenvalue weighted by atomic mass is 9.59. The van der Waals surface area contributed by atoms with Crippen LogP contribution in [0.2, 0.25) is 0 Å². The maximum atomic E-state index is 8.80. The van der Waals surface area contributed by atoms with E-state index in [2.05, 4.69) is 19.9 Å². The van der Waals surface area contributed by atoms with Gasteiger partial charge in [-0.05, 0) is 12.8 Å². The number of nitrogens with zero attached hydrogens (tertiary/aromatic N) is 1. The van der Waals surface area contributed by atoms with Crippen molar-refractivity contribution in [2.24, 2.45) is 5.41 Å². The average Bonchev–Trinajstić information content (AvgIpc) is 1.89. The number of nitriles is 1. The van der Waals surface area contributed by atoms with Crippen LogP contribution >= 0.6 is 0 Å². The summed E-state index contributed by atoms with van der Waals surface area (Å²) < 4.78 is 5.18. The van der Waals surface area contributed by atoms with Gasteiger partial charge < -0.3 is 4.74 Å². The van der Waals surface area contributed by atoms with Gasteiger partial charge in [0.2, 0.25) is 0 Å². The molecule has 1 atom stereocenters. The van der Waals surface area contributed by atoms with Gasteiger partial charge in [0.05, 0.1) is 6.07 Å². The molecule has 1 rings (SSSR count). The molecule has 1 aliphatic carbocycles. The largest absolute Gasteiger partial charge is 0.363 e. The minimum atomic E-state index is -0.493. The summed E-state index contributed by atoms with van der Waals surface area (Å²) in [6.45, 7) is 4.15. The van der Waals surface area contributed by atoms with Crippen LogP contribution in [0.5, 0.6) is 0 Å². The van der Waals surface area contributed by atoms with Crippen LogP contribution in [-0.2, 0) is 4.74 Å². The molecule has 0 amide bonds. The van der Waals surface area contributed by atoms with Gasteiger partial charge in [-0.25, -0.2) is 0 Å². The normalized spacial score (nSPS) is 36.2. The Kier molecular flexibility index (Phi) is 1.48. The molecule has 1 saturated carbocycles. The van der Waals surface area contributed by atoms with Crippen molar-refractivity contribution in [3.63, 3.8) is 0 Å². The Morgan fingerprint density at radius 1 is 1.40 bits per heavy atom. The lowest BCUT2D eigenvalue weighted by Gasteiger charge is -2.50. The zero-order chi connectivity index (χ0) is 7.83. The monoisotopic (exact) mass is 139 g/mol. The van der Waals surface area contributed by atoms with E-state index in [9.17, 15) is 0 Å². The first kappa shape index (κ1) is 7.56. The van der Waals surface area contributed by atoms with Crippen LogP contribution in [-0.4, -0.2) is 12.7 Å². The van der Waals surface area contributed by atoms with E-state index >= 15 is 0 Å². The molecular formula is C8H13NO. The molecule has 2 nitrogen and oxygen atoms in total. The van der Waals surface area contributed by atoms with Crippen LogP contribution in [0.3, 0.4) is 0 Å². The van der Waals surface area contributed by atoms with Gasteiger partial charge in [-0.3, -0.25) is 0 Å². The highest BCUT2D eigenvalue weighted by atomic mass is 16.5. The Morgan fingerprint density at radius 3 is 2.00 bits per heavy atom. The van der Waals surface area contributed by atoms with Gasteiger partial charge in [0.1, 0.15) is 0 Å². The van der Waals surface area contributed by atoms with E-state index in [1.165, 1.54) is 0 Å². The number of hydrogen-bond acceptors (Lipinski definition) is 2. The van der Waals surface area contributed by atoms with Crippen molar-refractivity contribution in [2.75, 3.05) is 7.11 Å². The summed E-state index contributed by atoms with van der Waals surface area (Å²) in [7, 11) is 1.62. The van der Waals surface area contributed by atoms with Gasteiger partial charge in [-0.2, -0.15) is 5.26 Å². The molecule has 0 bridgehead atoms. The molecule has 0 radical (unpaired) electrons. The minimum absolute atomic E-state index is 0.0521. The third-order valence-electron chi connectivity index (χ3n) is 2.72. The van der Waals surface area contributed by atoms with Crippen molar-refractivity contribution in [1.29, 1.82) is 5.26 Å². The molecule has 0 N–H and O–H groups in total. The summed E-state index contributed by atoms with van der Waals surface area (Å²) in [6, 6.07) is 2.23. The molecule has 0 aromatic carbocycles. The van der Waals surface area contributed by atoms with Crippen molar-refractivity contribution >= 4 is 0 Å². The van der Waals surface area contributed by atoms with Crippen LogP contribution < -0.4 is 0 Å². The molecule has 0 aromatic rings. The highest BCUT2D eigenvalue weighted by Gasteiger charge is 2.54. The molecule has 10 heavy (non-hydrogen) atoms. The van der Waals surface area contributed by atoms with E-state index in [0.717, 1.165) is 12.8 Å². The highest BCUT2D eigenvalue weighted by molar-refractivity contribution is 5.17. The average molecular weight is 139 g/mol. The maximum absolute atomic E-state index is 8.80. The second-order valence-corrected chi connectivity index (χ2v) is 3.53. The van der Waals surface area contributed by atoms with E-state index in [4.69, 9.17) is 10.00 Å². The van der Waals surface area contributed by atoms with Crippen molar-refractivity contribution < 1.29 is 4.74 Å². The predicted octanol–water partition coefficient (Wildman–Crippen LogP) is 1.72. The van der Waals surface area contributed by atoms with Gasteiger partial charge in [0, 0.05) is 12.5 Å². The second-order valence-electron chi connectivity index (χ2n) is 3.53. The standard InChI is InChI=1S/C8H13NO/c1-7(2)4-5-8(7,6-9)10-3/h4-5H2,1-3H3. The summed E-state index contributed by atoms with van der Waals surface area (Å²) >= 11 is 0. The number of hydrogen-bond donors (Lipinski definition) is 0. The van der Waals surface area contributed by atoms with Crippen LogP contribution in [0.15, 0.2) is 0 Å². The summed E-state index contributed by atoms with van der Waals surface area (Å²) in [5.74, 6) is 0. The Balaban J connectivity index is 2.80. The highest BCUT2D eigenvalue weighted by Crippen LogP contribution is 2.50. The van der Waals surface area contributed by atoms with Gasteiger partial charge in [-0.1, -0.05) is 13.8 Å². The molecule has 1 unspecified atom stereocenters. The molecule has 56 valence electrons. The third-order valence-corrected chi connectivity index (χ3v) is 2.72. The molecule has 0 heterocycles. The first-order valence-electron chi connectivity index (χ1n) is 3.54. The molecule has 2 heteroatoms. The van der Waals surface area contributed by atoms with E-state index in [1.807, 2.05) is 0 Å². The Morgan fingerprint density at radius 2 is 2.00 bits per heavy atom. The quantitative estimate of drug-likeness (QED) is 0.554. The van der Waals surface area contributed by atoms with Crippen molar-refractivity contribution in [2.45, 2.75) is 32.3 Å². The van der Waals surface area contributed by atoms with Crippen molar-refractivity contribution in [3.8, 4) is 6.07 Å². The molecule has 1 aliphatic rings. The SMILES string of the molecule is COC1(C#N)CCC1(C)C. The molecule has 0 saturated heterocycles.